The first kappa shape index (κ1) is 31.7. The molecule has 9 heavy (non-hydrogen) atoms. The molecule has 0 aromatic carbocycles. The molecule has 0 rings (SSSR count). The Morgan fingerprint density at radius 1 is 1.22 bits per heavy atom. The first-order valence-electron chi connectivity index (χ1n) is 1.54. The molecule has 0 aromatic heterocycles. The van der Waals surface area contributed by atoms with Crippen molar-refractivity contribution in [2.24, 2.45) is 0 Å². The maximum Gasteiger partial charge on any atom is 0 e. The van der Waals surface area contributed by atoms with Crippen molar-refractivity contribution in [1.29, 1.82) is 0 Å². The van der Waals surface area contributed by atoms with Gasteiger partial charge < -0.3 is 19.8 Å². The molecule has 0 amide bonds. The molecule has 2 radical (unpaired) electrons. The molecule has 2 heteroatoms. The Labute approximate surface area is 110 Å². The van der Waals surface area contributed by atoms with Crippen LogP contribution in [0, 0.1) is 32.1 Å². The molecule has 0 fully saturated rings. The molecule has 0 nitrogen and oxygen atoms in total. The molecule has 0 aliphatic rings. The second kappa shape index (κ2) is 58.4. The third-order valence-electron chi connectivity index (χ3n) is 0. The third kappa shape index (κ3) is 284. The molecule has 0 heterocycles. The molecule has 0 aliphatic heterocycles. The largest absolute Gasteiger partial charge is 0.694 e. The molecular formula is C7H10Y2-2. The average molecular weight is 272 g/mol. The maximum absolute atomic E-state index is 5.96. The van der Waals surface area contributed by atoms with Crippen molar-refractivity contribution in [1.82, 2.24) is 0 Å². The van der Waals surface area contributed by atoms with Crippen LogP contribution in [0.3, 0.4) is 0 Å². The summed E-state index contributed by atoms with van der Waals surface area (Å²) in [5.41, 5.74) is 0. The summed E-state index contributed by atoms with van der Waals surface area (Å²) in [6, 6.07) is 0. The van der Waals surface area contributed by atoms with Crippen molar-refractivity contribution in [3.63, 3.8) is 0 Å². The van der Waals surface area contributed by atoms with Gasteiger partial charge in [0.1, 0.15) is 0 Å². The van der Waals surface area contributed by atoms with Gasteiger partial charge >= 0.3 is 0 Å². The fraction of sp³-hybridized carbons (Fsp3) is 0.286. The third-order valence-corrected chi connectivity index (χ3v) is 0. The zero-order chi connectivity index (χ0) is 5.41. The monoisotopic (exact) mass is 272 g/mol. The molecule has 0 N–H and O–H groups in total. The van der Waals surface area contributed by atoms with Gasteiger partial charge in [0.25, 0.3) is 0 Å². The van der Waals surface area contributed by atoms with E-state index in [2.05, 4.69) is 12.3 Å². The zero-order valence-corrected chi connectivity index (χ0v) is 11.9. The van der Waals surface area contributed by atoms with Crippen molar-refractivity contribution >= 4 is 0 Å². The van der Waals surface area contributed by atoms with Crippen LogP contribution in [0.25, 0.3) is 0 Å². The summed E-state index contributed by atoms with van der Waals surface area (Å²) in [4.78, 5) is 0. The Bertz CT molecular complexity index is 61.9. The van der Waals surface area contributed by atoms with Crippen molar-refractivity contribution in [3.8, 4) is 18.3 Å². The number of hydrogen-bond donors (Lipinski definition) is 0. The Balaban J connectivity index is -0.00000000889. The SMILES string of the molecule is C#CC.[C-]#CC.[CH3-].[Y].[Y]. The molecule has 0 saturated heterocycles. The Morgan fingerprint density at radius 2 is 1.22 bits per heavy atom. The molecule has 0 aliphatic carbocycles. The summed E-state index contributed by atoms with van der Waals surface area (Å²) in [7, 11) is 0. The van der Waals surface area contributed by atoms with Crippen LogP contribution in [0.1, 0.15) is 13.8 Å². The first-order valence-corrected chi connectivity index (χ1v) is 1.54. The minimum atomic E-state index is 0. The smallest absolute Gasteiger partial charge is 0 e. The molecule has 0 aromatic rings. The Hall–Kier alpha value is 1.33. The van der Waals surface area contributed by atoms with Crippen LogP contribution >= 0.6 is 0 Å². The van der Waals surface area contributed by atoms with Gasteiger partial charge in [0.2, 0.25) is 0 Å². The van der Waals surface area contributed by atoms with Gasteiger partial charge in [-0.15, -0.1) is 12.3 Å². The number of hydrogen-bond acceptors (Lipinski definition) is 0. The predicted molar refractivity (Wildman–Crippen MR) is 33.7 cm³/mol. The molecule has 0 bridgehead atoms. The molecule has 0 unspecified atom stereocenters. The minimum absolute atomic E-state index is 0. The number of terminal acetylenes is 1. The zero-order valence-electron chi connectivity index (χ0n) is 6.23. The quantitative estimate of drug-likeness (QED) is 0.465. The van der Waals surface area contributed by atoms with Crippen molar-refractivity contribution < 1.29 is 65.4 Å². The fourth-order valence-corrected chi connectivity index (χ4v) is 0. The van der Waals surface area contributed by atoms with Crippen LogP contribution < -0.4 is 0 Å². The standard InChI is InChI=1S/C3H4.C3H3.CH3.2Y/c2*1-3-2;;;/h1H,2H3;1H3;1H3;;/q;2*-1;;. The van der Waals surface area contributed by atoms with Gasteiger partial charge in [-0.3, -0.25) is 0 Å². The average Bonchev–Trinajstić information content (AvgIpc) is 1.39. The van der Waals surface area contributed by atoms with Gasteiger partial charge in [-0.2, -0.15) is 0 Å². The summed E-state index contributed by atoms with van der Waals surface area (Å²) >= 11 is 0. The molecule has 46 valence electrons. The van der Waals surface area contributed by atoms with Crippen molar-refractivity contribution in [3.05, 3.63) is 13.9 Å². The summed E-state index contributed by atoms with van der Waals surface area (Å²) in [6.07, 6.45) is 10.6. The Kier molecular flexibility index (Phi) is 205. The van der Waals surface area contributed by atoms with Crippen molar-refractivity contribution in [2.75, 3.05) is 0 Å². The first-order chi connectivity index (χ1) is 2.83. The summed E-state index contributed by atoms with van der Waals surface area (Å²) in [6.45, 7) is 3.19. The van der Waals surface area contributed by atoms with Gasteiger partial charge in [0.05, 0.1) is 0 Å². The van der Waals surface area contributed by atoms with Gasteiger partial charge in [0.15, 0.2) is 0 Å². The van der Waals surface area contributed by atoms with Crippen LogP contribution in [-0.4, -0.2) is 0 Å². The maximum atomic E-state index is 5.96. The normalized spacial score (nSPS) is 1.78. The predicted octanol–water partition coefficient (Wildman–Crippen LogP) is 1.68. The molecular weight excluding hydrogens is 262 g/mol. The van der Waals surface area contributed by atoms with E-state index in [-0.39, 0.29) is 72.8 Å². The van der Waals surface area contributed by atoms with E-state index in [0.29, 0.717) is 0 Å². The van der Waals surface area contributed by atoms with E-state index in [1.54, 1.807) is 13.8 Å². The van der Waals surface area contributed by atoms with Gasteiger partial charge in [-0.25, -0.2) is 0 Å². The summed E-state index contributed by atoms with van der Waals surface area (Å²) in [5.74, 6) is 4.25. The van der Waals surface area contributed by atoms with E-state index >= 15 is 0 Å². The molecule has 0 saturated carbocycles. The van der Waals surface area contributed by atoms with E-state index in [0.717, 1.165) is 0 Å². The number of rotatable bonds is 0. The second-order valence-electron chi connectivity index (χ2n) is 0.539. The van der Waals surface area contributed by atoms with E-state index in [9.17, 15) is 0 Å². The topological polar surface area (TPSA) is 0 Å². The van der Waals surface area contributed by atoms with Crippen LogP contribution in [-0.2, 0) is 65.4 Å². The molecule has 0 atom stereocenters. The molecule has 0 spiro atoms. The van der Waals surface area contributed by atoms with E-state index in [1.807, 2.05) is 5.92 Å². The van der Waals surface area contributed by atoms with E-state index in [4.69, 9.17) is 6.42 Å². The van der Waals surface area contributed by atoms with Crippen LogP contribution in [0.15, 0.2) is 0 Å². The second-order valence-corrected chi connectivity index (χ2v) is 0.539. The summed E-state index contributed by atoms with van der Waals surface area (Å²) < 4.78 is 0. The summed E-state index contributed by atoms with van der Waals surface area (Å²) in [5, 5.41) is 0. The van der Waals surface area contributed by atoms with Crippen molar-refractivity contribution in [2.45, 2.75) is 13.8 Å². The van der Waals surface area contributed by atoms with Gasteiger partial charge in [-0.1, -0.05) is 0 Å². The van der Waals surface area contributed by atoms with E-state index < -0.39 is 0 Å². The fourth-order valence-electron chi connectivity index (χ4n) is 0. The minimum Gasteiger partial charge on any atom is -0.694 e. The van der Waals surface area contributed by atoms with Gasteiger partial charge in [0, 0.05) is 65.4 Å². The Morgan fingerprint density at radius 3 is 1.22 bits per heavy atom. The van der Waals surface area contributed by atoms with E-state index in [1.165, 1.54) is 0 Å². The van der Waals surface area contributed by atoms with Crippen LogP contribution in [0.5, 0.6) is 0 Å². The van der Waals surface area contributed by atoms with Crippen LogP contribution in [0.4, 0.5) is 0 Å². The van der Waals surface area contributed by atoms with Gasteiger partial charge in [-0.05, 0) is 13.8 Å². The van der Waals surface area contributed by atoms with Crippen LogP contribution in [0.2, 0.25) is 0 Å².